The van der Waals surface area contributed by atoms with Crippen LogP contribution in [0.2, 0.25) is 0 Å². The fraction of sp³-hybridized carbons (Fsp3) is 0.0455. The predicted octanol–water partition coefficient (Wildman–Crippen LogP) is 3.61. The summed E-state index contributed by atoms with van der Waals surface area (Å²) in [7, 11) is 0. The van der Waals surface area contributed by atoms with Crippen molar-refractivity contribution in [2.45, 2.75) is 6.17 Å². The van der Waals surface area contributed by atoms with E-state index in [1.165, 1.54) is 0 Å². The molecule has 2 aliphatic heterocycles. The summed E-state index contributed by atoms with van der Waals surface area (Å²) in [6.07, 6.45) is 13.6. The molecule has 1 N–H and O–H groups in total. The first-order valence-corrected chi connectivity index (χ1v) is 10.4. The molecule has 1 atom stereocenters. The van der Waals surface area contributed by atoms with E-state index in [9.17, 15) is 0 Å². The molecule has 0 spiro atoms. The third-order valence-corrected chi connectivity index (χ3v) is 5.13. The smallest absolute Gasteiger partial charge is 0.186 e. The van der Waals surface area contributed by atoms with Crippen LogP contribution in [0.1, 0.15) is 5.69 Å². The molecule has 32 heavy (non-hydrogen) atoms. The molecule has 6 rings (SSSR count). The minimum absolute atomic E-state index is 0. The van der Waals surface area contributed by atoms with Crippen molar-refractivity contribution in [1.82, 2.24) is 34.9 Å². The Hall–Kier alpha value is -3.16. The first-order valence-electron chi connectivity index (χ1n) is 9.59. The van der Waals surface area contributed by atoms with Crippen molar-refractivity contribution in [2.24, 2.45) is 5.10 Å². The van der Waals surface area contributed by atoms with Gasteiger partial charge in [-0.1, -0.05) is 18.2 Å². The van der Waals surface area contributed by atoms with Crippen molar-refractivity contribution >= 4 is 27.4 Å². The molecule has 0 radical (unpaired) electrons. The van der Waals surface area contributed by atoms with E-state index in [4.69, 9.17) is 0 Å². The first-order chi connectivity index (χ1) is 15.3. The maximum Gasteiger partial charge on any atom is 0.186 e. The maximum absolute atomic E-state index is 4.33. The van der Waals surface area contributed by atoms with Gasteiger partial charge in [0.25, 0.3) is 0 Å². The van der Waals surface area contributed by atoms with Gasteiger partial charge in [-0.3, -0.25) is 19.8 Å². The van der Waals surface area contributed by atoms with Gasteiger partial charge in [-0.05, 0) is 64.5 Å². The van der Waals surface area contributed by atoms with Gasteiger partial charge in [-0.15, -0.1) is 10.2 Å². The van der Waals surface area contributed by atoms with Crippen LogP contribution in [0, 0.1) is 0 Å². The molecule has 4 aromatic heterocycles. The van der Waals surface area contributed by atoms with E-state index in [2.05, 4.69) is 57.6 Å². The summed E-state index contributed by atoms with van der Waals surface area (Å²) in [4.78, 5) is 10.6. The second kappa shape index (κ2) is 9.97. The first kappa shape index (κ1) is 22.0. The van der Waals surface area contributed by atoms with Crippen LogP contribution in [-0.2, 0) is 21.1 Å². The molecule has 8 nitrogen and oxygen atoms in total. The number of amidine groups is 1. The van der Waals surface area contributed by atoms with E-state index in [0.717, 1.165) is 33.2 Å². The Morgan fingerprint density at radius 1 is 0.906 bits per heavy atom. The van der Waals surface area contributed by atoms with E-state index >= 15 is 0 Å². The molecule has 10 heteroatoms. The third kappa shape index (κ3) is 4.54. The van der Waals surface area contributed by atoms with Gasteiger partial charge in [0.1, 0.15) is 17.6 Å². The second-order valence-corrected chi connectivity index (χ2v) is 7.59. The molecule has 0 saturated carbocycles. The minimum atomic E-state index is 0. The molecule has 0 bridgehead atoms. The number of allylic oxidation sites excluding steroid dienone is 2. The van der Waals surface area contributed by atoms with Crippen LogP contribution >= 0.6 is 15.9 Å². The van der Waals surface area contributed by atoms with E-state index in [1.807, 2.05) is 77.5 Å². The van der Waals surface area contributed by atoms with E-state index in [-0.39, 0.29) is 27.2 Å². The summed E-state index contributed by atoms with van der Waals surface area (Å²) in [6, 6.07) is 15.4. The largest absolute Gasteiger partial charge is 0.304 e. The Morgan fingerprint density at radius 2 is 1.81 bits per heavy atom. The van der Waals surface area contributed by atoms with Crippen molar-refractivity contribution in [1.29, 1.82) is 0 Å². The maximum atomic E-state index is 4.33. The molecule has 2 aliphatic rings. The van der Waals surface area contributed by atoms with Gasteiger partial charge in [0.05, 0.1) is 0 Å². The molecule has 162 valence electrons. The Morgan fingerprint density at radius 3 is 2.62 bits per heavy atom. The Balaban J connectivity index is 0.000000149. The number of nitrogens with one attached hydrogen (secondary N) is 1. The number of aromatic nitrogens is 5. The molecule has 0 amide bonds. The van der Waals surface area contributed by atoms with Gasteiger partial charge in [0, 0.05) is 50.3 Å². The van der Waals surface area contributed by atoms with Gasteiger partial charge in [0.2, 0.25) is 0 Å². The molecule has 0 fully saturated rings. The number of fused-ring (bicyclic) bond motifs is 2. The molecule has 4 aromatic rings. The fourth-order valence-electron chi connectivity index (χ4n) is 3.20. The van der Waals surface area contributed by atoms with E-state index < -0.39 is 0 Å². The molecule has 0 saturated heterocycles. The van der Waals surface area contributed by atoms with Gasteiger partial charge in [-0.2, -0.15) is 5.10 Å². The van der Waals surface area contributed by atoms with Crippen molar-refractivity contribution in [3.8, 4) is 11.5 Å². The van der Waals surface area contributed by atoms with Crippen molar-refractivity contribution in [2.75, 3.05) is 0 Å². The third-order valence-electron chi connectivity index (χ3n) is 4.66. The monoisotopic (exact) mass is 667 g/mol. The number of nitrogens with zero attached hydrogens (tertiary/aromatic N) is 7. The van der Waals surface area contributed by atoms with Gasteiger partial charge in [0.15, 0.2) is 17.3 Å². The van der Waals surface area contributed by atoms with Gasteiger partial charge in [-0.25, -0.2) is 0 Å². The van der Waals surface area contributed by atoms with Crippen molar-refractivity contribution in [3.63, 3.8) is 0 Å². The van der Waals surface area contributed by atoms with Crippen LogP contribution < -0.4 is 5.43 Å². The standard InChI is InChI=1S/C11H9BrN4.C11H8N4.Pt/c12-8-4-5-9(13-7-8)11-15-14-10-3-1-2-6-16(10)11;1-3-7-12-9(5-1)11-14-13-10-6-2-4-8-15(10)11;/h1-7,10,14H;1-8H;. The Kier molecular flexibility index (Phi) is 6.87. The number of halogens is 1. The minimum Gasteiger partial charge on any atom is -0.304 e. The average molecular weight is 668 g/mol. The van der Waals surface area contributed by atoms with Crippen LogP contribution in [0.25, 0.3) is 17.2 Å². The zero-order valence-corrected chi connectivity index (χ0v) is 20.4. The second-order valence-electron chi connectivity index (χ2n) is 6.67. The van der Waals surface area contributed by atoms with E-state index in [0.29, 0.717) is 0 Å². The summed E-state index contributed by atoms with van der Waals surface area (Å²) >= 11 is 3.37. The average Bonchev–Trinajstić information content (AvgIpc) is 3.45. The van der Waals surface area contributed by atoms with Crippen LogP contribution in [-0.4, -0.2) is 41.5 Å². The number of pyridine rings is 3. The quantitative estimate of drug-likeness (QED) is 0.352. The number of hydrazone groups is 1. The van der Waals surface area contributed by atoms with Crippen LogP contribution in [0.5, 0.6) is 0 Å². The number of hydrogen-bond donors (Lipinski definition) is 1. The molecule has 0 aliphatic carbocycles. The molecule has 1 unspecified atom stereocenters. The Labute approximate surface area is 207 Å². The summed E-state index contributed by atoms with van der Waals surface area (Å²) < 4.78 is 2.89. The van der Waals surface area contributed by atoms with Crippen molar-refractivity contribution in [3.05, 3.63) is 102 Å². The number of rotatable bonds is 2. The summed E-state index contributed by atoms with van der Waals surface area (Å²) in [5, 5.41) is 12.5. The van der Waals surface area contributed by atoms with Crippen LogP contribution in [0.15, 0.2) is 101 Å². The summed E-state index contributed by atoms with van der Waals surface area (Å²) in [6.45, 7) is 0. The van der Waals surface area contributed by atoms with Crippen LogP contribution in [0.3, 0.4) is 0 Å². The van der Waals surface area contributed by atoms with E-state index in [1.54, 1.807) is 12.4 Å². The fourth-order valence-corrected chi connectivity index (χ4v) is 3.43. The SMILES string of the molecule is Brc1ccc(C2=NNC3C=CC=CN23)nc1.[Pt].c1ccc(-c2nnc3ccccn23)nc1. The van der Waals surface area contributed by atoms with Gasteiger partial charge >= 0.3 is 0 Å². The summed E-state index contributed by atoms with van der Waals surface area (Å²) in [5.41, 5.74) is 5.57. The van der Waals surface area contributed by atoms with Crippen LogP contribution in [0.4, 0.5) is 0 Å². The molecule has 0 aromatic carbocycles. The predicted molar refractivity (Wildman–Crippen MR) is 122 cm³/mol. The zero-order valence-electron chi connectivity index (χ0n) is 16.6. The topological polar surface area (TPSA) is 83.6 Å². The van der Waals surface area contributed by atoms with Crippen molar-refractivity contribution < 1.29 is 21.1 Å². The molecular weight excluding hydrogens is 651 g/mol. The van der Waals surface area contributed by atoms with Gasteiger partial charge < -0.3 is 4.90 Å². The Bertz CT molecular complexity index is 1280. The normalized spacial score (nSPS) is 15.8. The molecular formula is C22H17BrN8Pt. The summed E-state index contributed by atoms with van der Waals surface area (Å²) in [5.74, 6) is 1.62. The molecule has 6 heterocycles. The number of hydrogen-bond acceptors (Lipinski definition) is 7. The zero-order chi connectivity index (χ0) is 21.0.